The largest absolute Gasteiger partial charge is 0.433 e. The Morgan fingerprint density at radius 2 is 1.50 bits per heavy atom. The molecule has 2 aromatic heterocycles. The highest BCUT2D eigenvalue weighted by Gasteiger charge is 2.15. The summed E-state index contributed by atoms with van der Waals surface area (Å²) in [5, 5.41) is 40.3. The highest BCUT2D eigenvalue weighted by Crippen LogP contribution is 2.20. The van der Waals surface area contributed by atoms with Crippen LogP contribution >= 0.6 is 0 Å². The van der Waals surface area contributed by atoms with Gasteiger partial charge in [-0.25, -0.2) is 0 Å². The van der Waals surface area contributed by atoms with E-state index in [-0.39, 0.29) is 23.2 Å². The van der Waals surface area contributed by atoms with Crippen molar-refractivity contribution in [2.24, 2.45) is 21.1 Å². The normalized spacial score (nSPS) is 11.5. The van der Waals surface area contributed by atoms with Crippen molar-refractivity contribution in [3.63, 3.8) is 0 Å². The number of anilines is 1. The number of rotatable bonds is 7. The minimum Gasteiger partial charge on any atom is -0.397 e. The van der Waals surface area contributed by atoms with Gasteiger partial charge < -0.3 is 14.6 Å². The van der Waals surface area contributed by atoms with Gasteiger partial charge in [0.1, 0.15) is 9.85 Å². The Balaban J connectivity index is 1.61. The molecule has 0 fully saturated rings. The summed E-state index contributed by atoms with van der Waals surface area (Å²) in [7, 11) is 0. The molecule has 0 spiro atoms. The van der Waals surface area contributed by atoms with Crippen LogP contribution in [0.25, 0.3) is 0 Å². The molecule has 14 nitrogen and oxygen atoms in total. The molecule has 152 valence electrons. The number of hydrogen-bond acceptors (Lipinski definition) is 10. The average Bonchev–Trinajstić information content (AvgIpc) is 3.41. The van der Waals surface area contributed by atoms with Gasteiger partial charge in [0.05, 0.1) is 23.5 Å². The van der Waals surface area contributed by atoms with E-state index in [1.54, 1.807) is 24.3 Å². The Hall–Kier alpha value is -4.88. The summed E-state index contributed by atoms with van der Waals surface area (Å²) >= 11 is 0. The predicted octanol–water partition coefficient (Wildman–Crippen LogP) is 3.53. The summed E-state index contributed by atoms with van der Waals surface area (Å²) in [6.45, 7) is 0. The third kappa shape index (κ3) is 4.69. The molecule has 0 unspecified atom stereocenters. The lowest BCUT2D eigenvalue weighted by Crippen LogP contribution is -2.14. The van der Waals surface area contributed by atoms with Crippen LogP contribution < -0.4 is 11.2 Å². The van der Waals surface area contributed by atoms with Crippen LogP contribution in [0.2, 0.25) is 0 Å². The number of nitrogens with two attached hydrogens (primary N) is 1. The summed E-state index contributed by atoms with van der Waals surface area (Å²) < 4.78 is 9.79. The quantitative estimate of drug-likeness (QED) is 0.171. The van der Waals surface area contributed by atoms with Crippen molar-refractivity contribution in [1.82, 2.24) is 0 Å². The fraction of sp³-hybridized carbons (Fsp3) is 0. The molecule has 30 heavy (non-hydrogen) atoms. The summed E-state index contributed by atoms with van der Waals surface area (Å²) in [5.74, 6) is -1.47. The summed E-state index contributed by atoms with van der Waals surface area (Å²) in [6.07, 6.45) is 0. The average molecular weight is 412 g/mol. The molecule has 0 saturated heterocycles. The molecule has 0 amide bonds. The van der Waals surface area contributed by atoms with Crippen molar-refractivity contribution in [3.05, 3.63) is 80.3 Å². The lowest BCUT2D eigenvalue weighted by atomic mass is 10.3. The molecule has 2 heterocycles. The molecule has 0 bridgehead atoms. The van der Waals surface area contributed by atoms with Crippen molar-refractivity contribution < 1.29 is 18.7 Å². The van der Waals surface area contributed by atoms with Gasteiger partial charge >= 0.3 is 11.8 Å². The number of nitrogens with zero attached hydrogens (tertiary/aromatic N) is 5. The zero-order valence-corrected chi connectivity index (χ0v) is 14.9. The van der Waals surface area contributed by atoms with Gasteiger partial charge in [-0.1, -0.05) is 0 Å². The fourth-order valence-electron chi connectivity index (χ4n) is 2.06. The first kappa shape index (κ1) is 19.9. The molecule has 0 saturated carbocycles. The van der Waals surface area contributed by atoms with Crippen molar-refractivity contribution in [2.45, 2.75) is 0 Å². The van der Waals surface area contributed by atoms with Crippen LogP contribution in [0.15, 0.2) is 72.7 Å². The smallest absolute Gasteiger partial charge is 0.397 e. The second-order valence-corrected chi connectivity index (χ2v) is 5.49. The van der Waals surface area contributed by atoms with E-state index in [0.29, 0.717) is 11.4 Å². The summed E-state index contributed by atoms with van der Waals surface area (Å²) in [4.78, 5) is 19.8. The van der Waals surface area contributed by atoms with Gasteiger partial charge in [0.2, 0.25) is 5.84 Å². The van der Waals surface area contributed by atoms with Crippen LogP contribution in [0.3, 0.4) is 0 Å². The first-order chi connectivity index (χ1) is 14.3. The second kappa shape index (κ2) is 8.42. The first-order valence-corrected chi connectivity index (χ1v) is 8.02. The maximum Gasteiger partial charge on any atom is 0.433 e. The Labute approximate surface area is 166 Å². The molecule has 0 atom stereocenters. The number of azo groups is 1. The van der Waals surface area contributed by atoms with Crippen LogP contribution in [0.1, 0.15) is 11.5 Å². The monoisotopic (exact) mass is 412 g/mol. The highest BCUT2D eigenvalue weighted by atomic mass is 16.7. The molecule has 4 N–H and O–H groups in total. The Morgan fingerprint density at radius 3 is 2.07 bits per heavy atom. The molecule has 0 radical (unpaired) electrons. The number of hydrogen-bond donors (Lipinski definition) is 3. The molecule has 3 aromatic rings. The van der Waals surface area contributed by atoms with E-state index in [0.717, 1.165) is 12.1 Å². The van der Waals surface area contributed by atoms with E-state index in [1.165, 1.54) is 12.1 Å². The van der Waals surface area contributed by atoms with E-state index < -0.39 is 21.6 Å². The standard InChI is InChI=1S/C16H12N8O6/c17-15(11-5-7-13(29-11)23(25)26)21-19-9-1-2-10(4-3-9)20-22-16(18)12-6-8-14(30-12)24(27)28/h1-8,17,20H,(H2,18,22). The summed E-state index contributed by atoms with van der Waals surface area (Å²) in [5.41, 5.74) is 9.27. The third-order valence-corrected chi connectivity index (χ3v) is 3.47. The third-order valence-electron chi connectivity index (χ3n) is 3.47. The number of furan rings is 2. The lowest BCUT2D eigenvalue weighted by Gasteiger charge is -2.01. The number of nitrogens with one attached hydrogen (secondary N) is 2. The van der Waals surface area contributed by atoms with Gasteiger partial charge in [-0.15, -0.1) is 10.2 Å². The SMILES string of the molecule is N=C(N=Nc1ccc(N/N=C(\N)c2ccc([N+](=O)[O-])o2)cc1)c1ccc([N+](=O)[O-])o1. The van der Waals surface area contributed by atoms with Gasteiger partial charge in [0, 0.05) is 0 Å². The fourth-order valence-corrected chi connectivity index (χ4v) is 2.06. The van der Waals surface area contributed by atoms with Crippen LogP contribution in [0, 0.1) is 25.6 Å². The Bertz CT molecular complexity index is 1160. The number of nitro groups is 2. The predicted molar refractivity (Wildman–Crippen MR) is 103 cm³/mol. The second-order valence-electron chi connectivity index (χ2n) is 5.49. The molecule has 3 rings (SSSR count). The van der Waals surface area contributed by atoms with E-state index in [1.807, 2.05) is 0 Å². The summed E-state index contributed by atoms with van der Waals surface area (Å²) in [6, 6.07) is 11.2. The first-order valence-electron chi connectivity index (χ1n) is 8.02. The molecule has 1 aromatic carbocycles. The van der Waals surface area contributed by atoms with E-state index >= 15 is 0 Å². The topological polar surface area (TPSA) is 212 Å². The molecule has 14 heteroatoms. The number of amidine groups is 2. The molecular weight excluding hydrogens is 400 g/mol. The van der Waals surface area contributed by atoms with E-state index in [9.17, 15) is 20.2 Å². The lowest BCUT2D eigenvalue weighted by molar-refractivity contribution is -0.402. The zero-order valence-electron chi connectivity index (χ0n) is 14.9. The maximum atomic E-state index is 10.6. The minimum atomic E-state index is -0.720. The van der Waals surface area contributed by atoms with Crippen molar-refractivity contribution >= 4 is 34.8 Å². The van der Waals surface area contributed by atoms with Gasteiger partial charge in [-0.3, -0.25) is 31.1 Å². The number of benzene rings is 1. The Morgan fingerprint density at radius 1 is 0.933 bits per heavy atom. The van der Waals surface area contributed by atoms with E-state index in [2.05, 4.69) is 20.8 Å². The van der Waals surface area contributed by atoms with Crippen LogP contribution in [-0.4, -0.2) is 21.5 Å². The van der Waals surface area contributed by atoms with Crippen LogP contribution in [0.4, 0.5) is 23.1 Å². The Kier molecular flexibility index (Phi) is 5.58. The van der Waals surface area contributed by atoms with Crippen LogP contribution in [0.5, 0.6) is 0 Å². The van der Waals surface area contributed by atoms with Gasteiger partial charge in [-0.05, 0) is 36.4 Å². The maximum absolute atomic E-state index is 10.6. The zero-order chi connectivity index (χ0) is 21.7. The minimum absolute atomic E-state index is 0.0382. The number of hydrazone groups is 1. The molecular formula is C16H12N8O6. The van der Waals surface area contributed by atoms with E-state index in [4.69, 9.17) is 20.0 Å². The van der Waals surface area contributed by atoms with Gasteiger partial charge in [0.25, 0.3) is 0 Å². The van der Waals surface area contributed by atoms with Crippen molar-refractivity contribution in [1.29, 1.82) is 5.41 Å². The van der Waals surface area contributed by atoms with Gasteiger partial charge in [0.15, 0.2) is 17.4 Å². The highest BCUT2D eigenvalue weighted by molar-refractivity contribution is 5.95. The van der Waals surface area contributed by atoms with Crippen molar-refractivity contribution in [2.75, 3.05) is 5.43 Å². The van der Waals surface area contributed by atoms with Gasteiger partial charge in [-0.2, -0.15) is 5.10 Å². The van der Waals surface area contributed by atoms with Crippen LogP contribution in [-0.2, 0) is 0 Å². The molecule has 0 aliphatic heterocycles. The van der Waals surface area contributed by atoms with Crippen molar-refractivity contribution in [3.8, 4) is 0 Å². The molecule has 0 aliphatic rings. The molecule has 0 aliphatic carbocycles.